The Hall–Kier alpha value is -0.630. The number of rotatable bonds is 2. The third-order valence-electron chi connectivity index (χ3n) is 0.617. The van der Waals surface area contributed by atoms with Gasteiger partial charge in [0.05, 0.1) is 13.1 Å². The average Bonchev–Trinajstić information content (AvgIpc) is 1.81. The summed E-state index contributed by atoms with van der Waals surface area (Å²) in [6.45, 7) is 3.10. The van der Waals surface area contributed by atoms with Crippen molar-refractivity contribution >= 4 is 12.4 Å². The maximum Gasteiger partial charge on any atom is 0.0583 e. The van der Waals surface area contributed by atoms with Crippen molar-refractivity contribution in [2.45, 2.75) is 6.92 Å². The standard InChI is InChI=1S/C7H9N.ClH/c1-3-5-7-8-6-4-2;/h2,8H,6-7H2,1H3;1H. The maximum atomic E-state index is 4.95. The molecule has 0 aromatic rings. The molecule has 0 aliphatic heterocycles. The monoisotopic (exact) mass is 143 g/mol. The molecule has 1 N–H and O–H groups in total. The Morgan fingerprint density at radius 1 is 1.44 bits per heavy atom. The number of hydrogen-bond acceptors (Lipinski definition) is 1. The van der Waals surface area contributed by atoms with Gasteiger partial charge in [-0.3, -0.25) is 5.32 Å². The third kappa shape index (κ3) is 11.1. The van der Waals surface area contributed by atoms with E-state index in [0.717, 1.165) is 0 Å². The molecule has 9 heavy (non-hydrogen) atoms. The van der Waals surface area contributed by atoms with E-state index in [1.807, 2.05) is 0 Å². The van der Waals surface area contributed by atoms with Crippen LogP contribution in [0.2, 0.25) is 0 Å². The summed E-state index contributed by atoms with van der Waals surface area (Å²) in [5, 5.41) is 2.93. The van der Waals surface area contributed by atoms with Crippen molar-refractivity contribution in [2.75, 3.05) is 13.1 Å². The lowest BCUT2D eigenvalue weighted by atomic mass is 10.5. The largest absolute Gasteiger partial charge is 0.295 e. The molecule has 0 aromatic carbocycles. The molecule has 0 heterocycles. The van der Waals surface area contributed by atoms with Gasteiger partial charge in [-0.1, -0.05) is 11.8 Å². The normalized spacial score (nSPS) is 5.78. The topological polar surface area (TPSA) is 12.0 Å². The molecule has 0 amide bonds. The molecule has 0 radical (unpaired) electrons. The van der Waals surface area contributed by atoms with Crippen LogP contribution in [0.25, 0.3) is 0 Å². The summed E-state index contributed by atoms with van der Waals surface area (Å²) >= 11 is 0. The Morgan fingerprint density at radius 3 is 2.56 bits per heavy atom. The zero-order chi connectivity index (χ0) is 6.24. The first-order valence-corrected chi connectivity index (χ1v) is 2.45. The van der Waals surface area contributed by atoms with Crippen molar-refractivity contribution in [2.24, 2.45) is 0 Å². The van der Waals surface area contributed by atoms with Crippen molar-refractivity contribution in [3.05, 3.63) is 0 Å². The summed E-state index contributed by atoms with van der Waals surface area (Å²) in [6, 6.07) is 0. The van der Waals surface area contributed by atoms with Gasteiger partial charge >= 0.3 is 0 Å². The number of nitrogens with one attached hydrogen (secondary N) is 1. The number of terminal acetylenes is 1. The highest BCUT2D eigenvalue weighted by atomic mass is 35.5. The summed E-state index contributed by atoms with van der Waals surface area (Å²) in [5.41, 5.74) is 0. The molecule has 0 rings (SSSR count). The first-order chi connectivity index (χ1) is 3.91. The Balaban J connectivity index is 0. The highest BCUT2D eigenvalue weighted by Gasteiger charge is 1.70. The summed E-state index contributed by atoms with van der Waals surface area (Å²) in [6.07, 6.45) is 4.95. The highest BCUT2D eigenvalue weighted by molar-refractivity contribution is 5.85. The fraction of sp³-hybridized carbons (Fsp3) is 0.429. The van der Waals surface area contributed by atoms with Crippen molar-refractivity contribution in [1.29, 1.82) is 0 Å². The Kier molecular flexibility index (Phi) is 12.9. The first-order valence-electron chi connectivity index (χ1n) is 2.45. The van der Waals surface area contributed by atoms with E-state index in [9.17, 15) is 0 Å². The van der Waals surface area contributed by atoms with Gasteiger partial charge < -0.3 is 0 Å². The van der Waals surface area contributed by atoms with Crippen LogP contribution in [0.3, 0.4) is 0 Å². The molecular weight excluding hydrogens is 134 g/mol. The molecule has 0 bridgehead atoms. The van der Waals surface area contributed by atoms with E-state index >= 15 is 0 Å². The van der Waals surface area contributed by atoms with Crippen molar-refractivity contribution in [3.8, 4) is 24.2 Å². The van der Waals surface area contributed by atoms with E-state index < -0.39 is 0 Å². The van der Waals surface area contributed by atoms with E-state index in [0.29, 0.717) is 13.1 Å². The van der Waals surface area contributed by atoms with Crippen LogP contribution in [0.4, 0.5) is 0 Å². The second-order valence-corrected chi connectivity index (χ2v) is 1.23. The van der Waals surface area contributed by atoms with Crippen molar-refractivity contribution in [1.82, 2.24) is 5.32 Å². The van der Waals surface area contributed by atoms with E-state index in [1.54, 1.807) is 6.92 Å². The molecule has 0 saturated carbocycles. The molecule has 1 nitrogen and oxygen atoms in total. The Morgan fingerprint density at radius 2 is 2.11 bits per heavy atom. The number of hydrogen-bond donors (Lipinski definition) is 1. The van der Waals surface area contributed by atoms with Crippen LogP contribution < -0.4 is 5.32 Å². The van der Waals surface area contributed by atoms with Crippen LogP contribution in [0.15, 0.2) is 0 Å². The Bertz CT molecular complexity index is 135. The van der Waals surface area contributed by atoms with Gasteiger partial charge in [0, 0.05) is 0 Å². The van der Waals surface area contributed by atoms with Crippen molar-refractivity contribution in [3.63, 3.8) is 0 Å². The lowest BCUT2D eigenvalue weighted by molar-refractivity contribution is 0.872. The molecule has 0 saturated heterocycles. The van der Waals surface area contributed by atoms with Crippen LogP contribution in [-0.4, -0.2) is 13.1 Å². The minimum absolute atomic E-state index is 0. The van der Waals surface area contributed by atoms with Gasteiger partial charge in [0.2, 0.25) is 0 Å². The van der Waals surface area contributed by atoms with E-state index in [1.165, 1.54) is 0 Å². The quantitative estimate of drug-likeness (QED) is 0.442. The SMILES string of the molecule is C#CCNCC#CC.Cl. The first kappa shape index (κ1) is 11.2. The summed E-state index contributed by atoms with van der Waals surface area (Å²) in [7, 11) is 0. The lowest BCUT2D eigenvalue weighted by Crippen LogP contribution is -2.13. The average molecular weight is 144 g/mol. The van der Waals surface area contributed by atoms with Gasteiger partial charge in [-0.15, -0.1) is 24.8 Å². The summed E-state index contributed by atoms with van der Waals surface area (Å²) < 4.78 is 0. The minimum Gasteiger partial charge on any atom is -0.295 e. The van der Waals surface area contributed by atoms with Crippen molar-refractivity contribution < 1.29 is 0 Å². The molecule has 0 atom stereocenters. The Labute approximate surface area is 62.6 Å². The van der Waals surface area contributed by atoms with Gasteiger partial charge in [-0.05, 0) is 6.92 Å². The highest BCUT2D eigenvalue weighted by Crippen LogP contribution is 1.53. The molecule has 50 valence electrons. The molecule has 0 spiro atoms. The van der Waals surface area contributed by atoms with Crippen LogP contribution >= 0.6 is 12.4 Å². The smallest absolute Gasteiger partial charge is 0.0583 e. The second-order valence-electron chi connectivity index (χ2n) is 1.23. The lowest BCUT2D eigenvalue weighted by Gasteiger charge is -1.86. The molecule has 0 aromatic heterocycles. The molecule has 0 fully saturated rings. The van der Waals surface area contributed by atoms with Crippen LogP contribution in [0, 0.1) is 24.2 Å². The van der Waals surface area contributed by atoms with Gasteiger partial charge in [0.15, 0.2) is 0 Å². The zero-order valence-corrected chi connectivity index (χ0v) is 6.22. The predicted octanol–water partition coefficient (Wildman–Crippen LogP) is 0.654. The zero-order valence-electron chi connectivity index (χ0n) is 5.40. The fourth-order valence-corrected chi connectivity index (χ4v) is 0.286. The van der Waals surface area contributed by atoms with Gasteiger partial charge in [-0.2, -0.15) is 0 Å². The second kappa shape index (κ2) is 10.4. The summed E-state index contributed by atoms with van der Waals surface area (Å²) in [4.78, 5) is 0. The van der Waals surface area contributed by atoms with Gasteiger partial charge in [0.25, 0.3) is 0 Å². The van der Waals surface area contributed by atoms with E-state index in [4.69, 9.17) is 6.42 Å². The van der Waals surface area contributed by atoms with Crippen LogP contribution in [-0.2, 0) is 0 Å². The van der Waals surface area contributed by atoms with E-state index in [2.05, 4.69) is 23.1 Å². The molecule has 0 aliphatic carbocycles. The van der Waals surface area contributed by atoms with Crippen LogP contribution in [0.1, 0.15) is 6.92 Å². The molecular formula is C7H10ClN. The van der Waals surface area contributed by atoms with Crippen LogP contribution in [0.5, 0.6) is 0 Å². The van der Waals surface area contributed by atoms with Gasteiger partial charge in [0.1, 0.15) is 0 Å². The minimum atomic E-state index is 0. The maximum absolute atomic E-state index is 4.95. The fourth-order valence-electron chi connectivity index (χ4n) is 0.286. The predicted molar refractivity (Wildman–Crippen MR) is 42.4 cm³/mol. The third-order valence-corrected chi connectivity index (χ3v) is 0.617. The summed E-state index contributed by atoms with van der Waals surface area (Å²) in [5.74, 6) is 8.02. The number of halogens is 1. The molecule has 0 aliphatic rings. The van der Waals surface area contributed by atoms with E-state index in [-0.39, 0.29) is 12.4 Å². The molecule has 0 unspecified atom stereocenters. The van der Waals surface area contributed by atoms with Gasteiger partial charge in [-0.25, -0.2) is 0 Å². The molecule has 2 heteroatoms.